The molecule has 0 bridgehead atoms. The number of aromatic nitrogens is 2. The van der Waals surface area contributed by atoms with E-state index in [0.29, 0.717) is 5.82 Å². The molecule has 0 spiro atoms. The van der Waals surface area contributed by atoms with Gasteiger partial charge >= 0.3 is 0 Å². The second-order valence-electron chi connectivity index (χ2n) is 4.94. The predicted octanol–water partition coefficient (Wildman–Crippen LogP) is 3.79. The van der Waals surface area contributed by atoms with Crippen molar-refractivity contribution >= 4 is 5.82 Å². The Morgan fingerprint density at radius 1 is 1.15 bits per heavy atom. The normalized spacial score (nSPS) is 10.7. The van der Waals surface area contributed by atoms with E-state index in [4.69, 9.17) is 10.5 Å². The van der Waals surface area contributed by atoms with Crippen molar-refractivity contribution in [1.82, 2.24) is 10.2 Å². The molecule has 1 heterocycles. The van der Waals surface area contributed by atoms with Crippen LogP contribution in [-0.4, -0.2) is 16.8 Å². The number of benzene rings is 1. The van der Waals surface area contributed by atoms with Crippen LogP contribution in [0.25, 0.3) is 11.3 Å². The molecule has 0 aliphatic carbocycles. The summed E-state index contributed by atoms with van der Waals surface area (Å²) >= 11 is 0. The first-order valence-corrected chi connectivity index (χ1v) is 7.32. The number of hydrogen-bond donors (Lipinski definition) is 2. The Kier molecular flexibility index (Phi) is 5.04. The second kappa shape index (κ2) is 6.98. The number of unbranched alkanes of at least 4 members (excludes halogenated alkanes) is 1. The van der Waals surface area contributed by atoms with Crippen molar-refractivity contribution in [2.24, 2.45) is 0 Å². The van der Waals surface area contributed by atoms with E-state index in [-0.39, 0.29) is 0 Å². The number of ether oxygens (including phenoxy) is 1. The Hall–Kier alpha value is -1.97. The molecule has 0 atom stereocenters. The molecule has 0 unspecified atom stereocenters. The first-order chi connectivity index (χ1) is 9.76. The quantitative estimate of drug-likeness (QED) is 0.754. The number of aromatic amines is 1. The maximum atomic E-state index is 5.91. The molecule has 4 heteroatoms. The zero-order valence-electron chi connectivity index (χ0n) is 12.3. The van der Waals surface area contributed by atoms with Crippen LogP contribution in [0.4, 0.5) is 5.82 Å². The monoisotopic (exact) mass is 273 g/mol. The average Bonchev–Trinajstić information content (AvgIpc) is 2.82. The van der Waals surface area contributed by atoms with E-state index in [0.717, 1.165) is 54.9 Å². The molecule has 0 saturated carbocycles. The van der Waals surface area contributed by atoms with Crippen LogP contribution in [-0.2, 0) is 6.42 Å². The molecule has 2 aromatic rings. The van der Waals surface area contributed by atoms with Gasteiger partial charge in [-0.1, -0.05) is 26.7 Å². The van der Waals surface area contributed by atoms with E-state index in [1.54, 1.807) is 0 Å². The molecule has 0 fully saturated rings. The summed E-state index contributed by atoms with van der Waals surface area (Å²) in [6.07, 6.45) is 4.22. The van der Waals surface area contributed by atoms with Crippen LogP contribution in [0.5, 0.6) is 5.75 Å². The highest BCUT2D eigenvalue weighted by Crippen LogP contribution is 2.27. The lowest BCUT2D eigenvalue weighted by atomic mass is 10.0. The number of rotatable bonds is 7. The highest BCUT2D eigenvalue weighted by Gasteiger charge is 2.11. The van der Waals surface area contributed by atoms with Crippen molar-refractivity contribution in [1.29, 1.82) is 0 Å². The van der Waals surface area contributed by atoms with E-state index < -0.39 is 0 Å². The standard InChI is InChI=1S/C16H23N3O/c1-3-5-11-20-13-9-7-12(8-10-13)15-14(6-4-2)16(17)19-18-15/h7-10H,3-6,11H2,1-2H3,(H3,17,18,19). The fraction of sp³-hybridized carbons (Fsp3) is 0.438. The molecule has 2 rings (SSSR count). The summed E-state index contributed by atoms with van der Waals surface area (Å²) in [7, 11) is 0. The third-order valence-electron chi connectivity index (χ3n) is 3.31. The largest absolute Gasteiger partial charge is 0.494 e. The number of nitrogens with two attached hydrogens (primary N) is 1. The van der Waals surface area contributed by atoms with Crippen LogP contribution in [0.3, 0.4) is 0 Å². The first-order valence-electron chi connectivity index (χ1n) is 7.32. The first kappa shape index (κ1) is 14.4. The molecule has 20 heavy (non-hydrogen) atoms. The topological polar surface area (TPSA) is 63.9 Å². The van der Waals surface area contributed by atoms with Crippen LogP contribution in [0.2, 0.25) is 0 Å². The molecule has 108 valence electrons. The molecule has 0 aliphatic rings. The highest BCUT2D eigenvalue weighted by atomic mass is 16.5. The fourth-order valence-corrected chi connectivity index (χ4v) is 2.17. The maximum absolute atomic E-state index is 5.91. The van der Waals surface area contributed by atoms with E-state index in [1.807, 2.05) is 24.3 Å². The number of nitrogen functional groups attached to an aromatic ring is 1. The Bertz CT molecular complexity index is 531. The van der Waals surface area contributed by atoms with Gasteiger partial charge in [-0.25, -0.2) is 0 Å². The van der Waals surface area contributed by atoms with Crippen LogP contribution in [0.15, 0.2) is 24.3 Å². The summed E-state index contributed by atoms with van der Waals surface area (Å²) in [5, 5.41) is 7.15. The van der Waals surface area contributed by atoms with Gasteiger partial charge in [-0.05, 0) is 37.1 Å². The van der Waals surface area contributed by atoms with Crippen molar-refractivity contribution in [2.75, 3.05) is 12.3 Å². The smallest absolute Gasteiger partial charge is 0.149 e. The molecule has 3 N–H and O–H groups in total. The van der Waals surface area contributed by atoms with Gasteiger partial charge in [0.25, 0.3) is 0 Å². The third-order valence-corrected chi connectivity index (χ3v) is 3.31. The van der Waals surface area contributed by atoms with Gasteiger partial charge in [-0.2, -0.15) is 5.10 Å². The van der Waals surface area contributed by atoms with E-state index >= 15 is 0 Å². The third kappa shape index (κ3) is 3.32. The summed E-state index contributed by atoms with van der Waals surface area (Å²) in [6.45, 7) is 5.07. The molecular formula is C16H23N3O. The van der Waals surface area contributed by atoms with Crippen molar-refractivity contribution in [3.05, 3.63) is 29.8 Å². The lowest BCUT2D eigenvalue weighted by Gasteiger charge is -2.07. The number of H-pyrrole nitrogens is 1. The molecule has 0 saturated heterocycles. The van der Waals surface area contributed by atoms with Gasteiger partial charge in [-0.3, -0.25) is 5.10 Å². The van der Waals surface area contributed by atoms with Gasteiger partial charge in [0.2, 0.25) is 0 Å². The summed E-state index contributed by atoms with van der Waals surface area (Å²) in [4.78, 5) is 0. The number of hydrogen-bond acceptors (Lipinski definition) is 3. The number of nitrogens with one attached hydrogen (secondary N) is 1. The minimum Gasteiger partial charge on any atom is -0.494 e. The highest BCUT2D eigenvalue weighted by molar-refractivity contribution is 5.68. The molecule has 1 aromatic carbocycles. The van der Waals surface area contributed by atoms with Crippen LogP contribution < -0.4 is 10.5 Å². The van der Waals surface area contributed by atoms with Crippen molar-refractivity contribution in [3.63, 3.8) is 0 Å². The Morgan fingerprint density at radius 2 is 1.90 bits per heavy atom. The van der Waals surface area contributed by atoms with Crippen molar-refractivity contribution in [2.45, 2.75) is 39.5 Å². The fourth-order valence-electron chi connectivity index (χ4n) is 2.17. The van der Waals surface area contributed by atoms with Crippen LogP contribution >= 0.6 is 0 Å². The predicted molar refractivity (Wildman–Crippen MR) is 82.8 cm³/mol. The van der Waals surface area contributed by atoms with Gasteiger partial charge in [0, 0.05) is 11.1 Å². The van der Waals surface area contributed by atoms with E-state index in [1.165, 1.54) is 0 Å². The Labute approximate surface area is 120 Å². The molecule has 0 amide bonds. The SMILES string of the molecule is CCCCOc1ccc(-c2[nH]nc(N)c2CCC)cc1. The summed E-state index contributed by atoms with van der Waals surface area (Å²) in [5.41, 5.74) is 9.13. The molecule has 0 radical (unpaired) electrons. The molecule has 4 nitrogen and oxygen atoms in total. The zero-order chi connectivity index (χ0) is 14.4. The molecular weight excluding hydrogens is 250 g/mol. The lowest BCUT2D eigenvalue weighted by molar-refractivity contribution is 0.309. The summed E-state index contributed by atoms with van der Waals surface area (Å²) in [5.74, 6) is 1.51. The van der Waals surface area contributed by atoms with E-state index in [9.17, 15) is 0 Å². The Balaban J connectivity index is 2.13. The van der Waals surface area contributed by atoms with Gasteiger partial charge in [0.05, 0.1) is 12.3 Å². The van der Waals surface area contributed by atoms with Crippen molar-refractivity contribution < 1.29 is 4.74 Å². The maximum Gasteiger partial charge on any atom is 0.149 e. The zero-order valence-corrected chi connectivity index (χ0v) is 12.3. The van der Waals surface area contributed by atoms with Gasteiger partial charge in [-0.15, -0.1) is 0 Å². The minimum absolute atomic E-state index is 0.602. The van der Waals surface area contributed by atoms with Gasteiger partial charge in [0.15, 0.2) is 0 Å². The van der Waals surface area contributed by atoms with Crippen molar-refractivity contribution in [3.8, 4) is 17.0 Å². The summed E-state index contributed by atoms with van der Waals surface area (Å²) in [6, 6.07) is 8.09. The molecule has 1 aromatic heterocycles. The summed E-state index contributed by atoms with van der Waals surface area (Å²) < 4.78 is 5.67. The molecule has 0 aliphatic heterocycles. The Morgan fingerprint density at radius 3 is 2.55 bits per heavy atom. The van der Waals surface area contributed by atoms with E-state index in [2.05, 4.69) is 24.0 Å². The number of anilines is 1. The average molecular weight is 273 g/mol. The number of nitrogens with zero attached hydrogens (tertiary/aromatic N) is 1. The minimum atomic E-state index is 0.602. The lowest BCUT2D eigenvalue weighted by Crippen LogP contribution is -1.96. The van der Waals surface area contributed by atoms with Gasteiger partial charge in [0.1, 0.15) is 11.6 Å². The van der Waals surface area contributed by atoms with Crippen LogP contribution in [0, 0.1) is 0 Å². The van der Waals surface area contributed by atoms with Gasteiger partial charge < -0.3 is 10.5 Å². The second-order valence-corrected chi connectivity index (χ2v) is 4.94. The van der Waals surface area contributed by atoms with Crippen LogP contribution in [0.1, 0.15) is 38.7 Å².